The summed E-state index contributed by atoms with van der Waals surface area (Å²) in [6.07, 6.45) is 0. The van der Waals surface area contributed by atoms with Crippen LogP contribution in [-0.4, -0.2) is 0 Å². The number of rotatable bonds is 2. The van der Waals surface area contributed by atoms with Crippen molar-refractivity contribution in [3.63, 3.8) is 0 Å². The molecule has 0 N–H and O–H groups in total. The van der Waals surface area contributed by atoms with Crippen molar-refractivity contribution >= 4 is 45.9 Å². The fourth-order valence-electron chi connectivity index (χ4n) is 1.50. The molecular formula is C13H14Cl2S2. The molecule has 0 fully saturated rings. The third-order valence-corrected chi connectivity index (χ3v) is 6.06. The van der Waals surface area contributed by atoms with Crippen LogP contribution in [0.15, 0.2) is 24.3 Å². The van der Waals surface area contributed by atoms with Crippen molar-refractivity contribution in [2.75, 3.05) is 0 Å². The highest BCUT2D eigenvalue weighted by Gasteiger charge is 2.20. The average Bonchev–Trinajstić information content (AvgIpc) is 2.83. The van der Waals surface area contributed by atoms with Crippen LogP contribution < -0.4 is 0 Å². The summed E-state index contributed by atoms with van der Waals surface area (Å²) in [5, 5.41) is -0.0754. The molecule has 0 nitrogen and oxygen atoms in total. The molecule has 0 aliphatic heterocycles. The highest BCUT2D eigenvalue weighted by atomic mass is 35.5. The van der Waals surface area contributed by atoms with Crippen LogP contribution in [0.2, 0.25) is 4.34 Å². The molecule has 2 rings (SSSR count). The fraction of sp³-hybridized carbons (Fsp3) is 0.385. The Hall–Kier alpha value is -0.0200. The molecular weight excluding hydrogens is 291 g/mol. The summed E-state index contributed by atoms with van der Waals surface area (Å²) in [7, 11) is 0. The monoisotopic (exact) mass is 304 g/mol. The zero-order chi connectivity index (χ0) is 12.6. The Balaban J connectivity index is 2.26. The van der Waals surface area contributed by atoms with Crippen molar-refractivity contribution in [1.82, 2.24) is 0 Å². The van der Waals surface area contributed by atoms with Gasteiger partial charge in [-0.3, -0.25) is 0 Å². The van der Waals surface area contributed by atoms with Crippen LogP contribution in [0.3, 0.4) is 0 Å². The number of thiophene rings is 2. The van der Waals surface area contributed by atoms with E-state index in [2.05, 4.69) is 32.9 Å². The van der Waals surface area contributed by atoms with Crippen molar-refractivity contribution in [1.29, 1.82) is 0 Å². The van der Waals surface area contributed by atoms with E-state index in [-0.39, 0.29) is 10.8 Å². The lowest BCUT2D eigenvalue weighted by atomic mass is 9.95. The summed E-state index contributed by atoms with van der Waals surface area (Å²) in [5.41, 5.74) is 0.187. The molecule has 1 atom stereocenters. The molecule has 1 unspecified atom stereocenters. The molecule has 0 spiro atoms. The summed E-state index contributed by atoms with van der Waals surface area (Å²) >= 11 is 15.7. The molecule has 2 aromatic heterocycles. The van der Waals surface area contributed by atoms with Gasteiger partial charge in [0.25, 0.3) is 0 Å². The summed E-state index contributed by atoms with van der Waals surface area (Å²) in [6.45, 7) is 6.65. The molecule has 2 aromatic rings. The lowest BCUT2D eigenvalue weighted by molar-refractivity contribution is 0.604. The highest BCUT2D eigenvalue weighted by molar-refractivity contribution is 7.17. The first-order valence-corrected chi connectivity index (χ1v) is 7.82. The minimum atomic E-state index is -0.0754. The molecule has 17 heavy (non-hydrogen) atoms. The van der Waals surface area contributed by atoms with Crippen molar-refractivity contribution in [2.45, 2.75) is 31.6 Å². The number of alkyl halides is 1. The first-order valence-electron chi connectivity index (χ1n) is 5.37. The maximum Gasteiger partial charge on any atom is 0.102 e. The van der Waals surface area contributed by atoms with Crippen molar-refractivity contribution in [3.8, 4) is 0 Å². The summed E-state index contributed by atoms with van der Waals surface area (Å²) in [5.74, 6) is 0. The van der Waals surface area contributed by atoms with E-state index in [4.69, 9.17) is 23.2 Å². The second-order valence-corrected chi connectivity index (χ2v) is 8.25. The van der Waals surface area contributed by atoms with Gasteiger partial charge in [0, 0.05) is 14.6 Å². The third kappa shape index (κ3) is 3.05. The van der Waals surface area contributed by atoms with Gasteiger partial charge in [-0.2, -0.15) is 0 Å². The fourth-order valence-corrected chi connectivity index (χ4v) is 4.10. The normalized spacial score (nSPS) is 13.9. The predicted octanol–water partition coefficient (Wildman–Crippen LogP) is 6.09. The van der Waals surface area contributed by atoms with Crippen LogP contribution >= 0.6 is 45.9 Å². The topological polar surface area (TPSA) is 0 Å². The molecule has 92 valence electrons. The van der Waals surface area contributed by atoms with Crippen molar-refractivity contribution in [3.05, 3.63) is 43.2 Å². The Morgan fingerprint density at radius 2 is 1.59 bits per heavy atom. The quantitative estimate of drug-likeness (QED) is 0.589. The molecule has 2 heterocycles. The van der Waals surface area contributed by atoms with Gasteiger partial charge in [-0.15, -0.1) is 34.3 Å². The Morgan fingerprint density at radius 1 is 1.00 bits per heavy atom. The van der Waals surface area contributed by atoms with Gasteiger partial charge in [0.05, 0.1) is 4.34 Å². The van der Waals surface area contributed by atoms with Crippen LogP contribution in [0.5, 0.6) is 0 Å². The Morgan fingerprint density at radius 3 is 2.06 bits per heavy atom. The lowest BCUT2D eigenvalue weighted by Crippen LogP contribution is -2.07. The number of halogens is 2. The van der Waals surface area contributed by atoms with Crippen molar-refractivity contribution < 1.29 is 0 Å². The molecule has 0 aliphatic rings. The third-order valence-electron chi connectivity index (χ3n) is 2.46. The first-order chi connectivity index (χ1) is 7.88. The first kappa shape index (κ1) is 13.4. The van der Waals surface area contributed by atoms with E-state index in [1.54, 1.807) is 22.7 Å². The average molecular weight is 305 g/mol. The van der Waals surface area contributed by atoms with Gasteiger partial charge in [0.15, 0.2) is 0 Å². The van der Waals surface area contributed by atoms with Crippen LogP contribution in [-0.2, 0) is 5.41 Å². The smallest absolute Gasteiger partial charge is 0.102 e. The standard InChI is InChI=1S/C13H14Cl2S2/c1-13(2,3)10-6-4-8(16-10)12(15)9-5-7-11(14)17-9/h4-7,12H,1-3H3. The van der Waals surface area contributed by atoms with E-state index < -0.39 is 0 Å². The van der Waals surface area contributed by atoms with Crippen LogP contribution in [0.25, 0.3) is 0 Å². The Bertz CT molecular complexity index is 505. The number of hydrogen-bond acceptors (Lipinski definition) is 2. The molecule has 4 heteroatoms. The molecule has 0 aromatic carbocycles. The van der Waals surface area contributed by atoms with E-state index in [9.17, 15) is 0 Å². The van der Waals surface area contributed by atoms with E-state index in [1.807, 2.05) is 12.1 Å². The molecule has 0 saturated carbocycles. The van der Waals surface area contributed by atoms with Gasteiger partial charge >= 0.3 is 0 Å². The van der Waals surface area contributed by atoms with E-state index in [1.165, 1.54) is 9.75 Å². The largest absolute Gasteiger partial charge is 0.143 e. The van der Waals surface area contributed by atoms with E-state index in [0.29, 0.717) is 0 Å². The zero-order valence-electron chi connectivity index (χ0n) is 9.96. The van der Waals surface area contributed by atoms with E-state index in [0.717, 1.165) is 9.21 Å². The van der Waals surface area contributed by atoms with Gasteiger partial charge in [0.1, 0.15) is 5.38 Å². The summed E-state index contributed by atoms with van der Waals surface area (Å²) in [6, 6.07) is 8.19. The number of hydrogen-bond donors (Lipinski definition) is 0. The molecule has 0 aliphatic carbocycles. The van der Waals surface area contributed by atoms with Gasteiger partial charge in [0.2, 0.25) is 0 Å². The predicted molar refractivity (Wildman–Crippen MR) is 80.0 cm³/mol. The van der Waals surface area contributed by atoms with E-state index >= 15 is 0 Å². The summed E-state index contributed by atoms with van der Waals surface area (Å²) in [4.78, 5) is 3.66. The Labute approximate surface area is 120 Å². The second-order valence-electron chi connectivity index (χ2n) is 4.96. The van der Waals surface area contributed by atoms with Gasteiger partial charge in [-0.1, -0.05) is 32.4 Å². The molecule has 0 bridgehead atoms. The molecule has 0 saturated heterocycles. The highest BCUT2D eigenvalue weighted by Crippen LogP contribution is 2.40. The molecule has 0 amide bonds. The minimum absolute atomic E-state index is 0.0754. The molecule has 0 radical (unpaired) electrons. The summed E-state index contributed by atoms with van der Waals surface area (Å²) < 4.78 is 0.790. The minimum Gasteiger partial charge on any atom is -0.143 e. The SMILES string of the molecule is CC(C)(C)c1ccc(C(Cl)c2ccc(Cl)s2)s1. The second kappa shape index (κ2) is 4.93. The zero-order valence-corrected chi connectivity index (χ0v) is 13.1. The van der Waals surface area contributed by atoms with Crippen molar-refractivity contribution in [2.24, 2.45) is 0 Å². The Kier molecular flexibility index (Phi) is 3.89. The lowest BCUT2D eigenvalue weighted by Gasteiger charge is -2.15. The van der Waals surface area contributed by atoms with Crippen LogP contribution in [0.4, 0.5) is 0 Å². The maximum absolute atomic E-state index is 6.47. The van der Waals surface area contributed by atoms with Gasteiger partial charge < -0.3 is 0 Å². The van der Waals surface area contributed by atoms with Gasteiger partial charge in [-0.05, 0) is 29.7 Å². The van der Waals surface area contributed by atoms with Crippen LogP contribution in [0.1, 0.15) is 40.8 Å². The van der Waals surface area contributed by atoms with Gasteiger partial charge in [-0.25, -0.2) is 0 Å². The van der Waals surface area contributed by atoms with Crippen LogP contribution in [0, 0.1) is 0 Å². The maximum atomic E-state index is 6.47.